The molecule has 3 aromatic rings. The van der Waals surface area contributed by atoms with Gasteiger partial charge in [-0.1, -0.05) is 71.8 Å². The number of halogens is 2. The van der Waals surface area contributed by atoms with Crippen LogP contribution in [0.5, 0.6) is 0 Å². The fourth-order valence-electron chi connectivity index (χ4n) is 3.79. The van der Waals surface area contributed by atoms with Gasteiger partial charge in [-0.25, -0.2) is 8.42 Å². The van der Waals surface area contributed by atoms with E-state index in [-0.39, 0.29) is 21.5 Å². The summed E-state index contributed by atoms with van der Waals surface area (Å²) in [7, 11) is -3.96. The van der Waals surface area contributed by atoms with Crippen molar-refractivity contribution in [3.8, 4) is 0 Å². The molecule has 0 bridgehead atoms. The summed E-state index contributed by atoms with van der Waals surface area (Å²) in [6.07, 6.45) is 4.22. The number of rotatable bonds is 7. The van der Waals surface area contributed by atoms with Gasteiger partial charge < -0.3 is 4.90 Å². The van der Waals surface area contributed by atoms with Crippen LogP contribution in [-0.4, -0.2) is 56.8 Å². The van der Waals surface area contributed by atoms with E-state index in [9.17, 15) is 13.2 Å². The topological polar surface area (TPSA) is 69.7 Å². The second-order valence-electron chi connectivity index (χ2n) is 8.16. The molecule has 0 radical (unpaired) electrons. The van der Waals surface area contributed by atoms with Crippen LogP contribution in [0.25, 0.3) is 6.08 Å². The monoisotopic (exact) mass is 529 g/mol. The van der Waals surface area contributed by atoms with Gasteiger partial charge in [0.1, 0.15) is 0 Å². The molecule has 35 heavy (non-hydrogen) atoms. The van der Waals surface area contributed by atoms with E-state index in [0.717, 1.165) is 25.2 Å². The molecule has 9 heteroatoms. The summed E-state index contributed by atoms with van der Waals surface area (Å²) in [5.41, 5.74) is 1.65. The zero-order valence-electron chi connectivity index (χ0n) is 18.9. The van der Waals surface area contributed by atoms with Gasteiger partial charge in [0.05, 0.1) is 15.6 Å². The number of nitrogens with zero attached hydrogens (tertiary/aromatic N) is 2. The second kappa shape index (κ2) is 11.3. The molecule has 0 atom stereocenters. The average molecular weight is 530 g/mol. The van der Waals surface area contributed by atoms with Crippen molar-refractivity contribution in [3.05, 3.63) is 100 Å². The van der Waals surface area contributed by atoms with E-state index in [4.69, 9.17) is 23.2 Å². The van der Waals surface area contributed by atoms with E-state index in [2.05, 4.69) is 33.9 Å². The molecule has 0 unspecified atom stereocenters. The summed E-state index contributed by atoms with van der Waals surface area (Å²) in [5.74, 6) is -0.192. The number of piperazine rings is 1. The van der Waals surface area contributed by atoms with E-state index in [1.54, 1.807) is 23.1 Å². The Labute approximate surface area is 215 Å². The highest BCUT2D eigenvalue weighted by Crippen LogP contribution is 2.28. The highest BCUT2D eigenvalue weighted by atomic mass is 35.5. The van der Waals surface area contributed by atoms with Crippen LogP contribution in [0.4, 0.5) is 5.69 Å². The number of benzene rings is 3. The van der Waals surface area contributed by atoms with Crippen molar-refractivity contribution in [1.29, 1.82) is 0 Å². The Bertz CT molecular complexity index is 1320. The highest BCUT2D eigenvalue weighted by Gasteiger charge is 2.23. The van der Waals surface area contributed by atoms with Gasteiger partial charge in [-0.3, -0.25) is 14.4 Å². The first-order chi connectivity index (χ1) is 16.8. The maximum Gasteiger partial charge on any atom is 0.261 e. The number of carbonyl (C=O) groups excluding carboxylic acids is 1. The van der Waals surface area contributed by atoms with Crippen molar-refractivity contribution in [1.82, 2.24) is 9.80 Å². The van der Waals surface area contributed by atoms with Crippen LogP contribution < -0.4 is 4.72 Å². The van der Waals surface area contributed by atoms with Gasteiger partial charge in [-0.15, -0.1) is 0 Å². The van der Waals surface area contributed by atoms with Crippen molar-refractivity contribution in [2.75, 3.05) is 37.4 Å². The van der Waals surface area contributed by atoms with Gasteiger partial charge in [-0.05, 0) is 42.0 Å². The first kappa shape index (κ1) is 25.3. The van der Waals surface area contributed by atoms with E-state index in [1.165, 1.54) is 24.3 Å². The van der Waals surface area contributed by atoms with Crippen LogP contribution >= 0.6 is 23.2 Å². The molecule has 0 saturated carbocycles. The summed E-state index contributed by atoms with van der Waals surface area (Å²) < 4.78 is 28.3. The predicted molar refractivity (Wildman–Crippen MR) is 142 cm³/mol. The fourth-order valence-corrected chi connectivity index (χ4v) is 5.30. The Morgan fingerprint density at radius 1 is 0.914 bits per heavy atom. The lowest BCUT2D eigenvalue weighted by molar-refractivity contribution is 0.0650. The molecule has 3 aromatic carbocycles. The van der Waals surface area contributed by atoms with Gasteiger partial charge in [0, 0.05) is 43.3 Å². The molecular formula is C26H25Cl2N3O3S. The quantitative estimate of drug-likeness (QED) is 0.452. The van der Waals surface area contributed by atoms with Crippen molar-refractivity contribution < 1.29 is 13.2 Å². The van der Waals surface area contributed by atoms with Crippen LogP contribution in [0.2, 0.25) is 10.0 Å². The maximum atomic E-state index is 13.1. The third kappa shape index (κ3) is 6.64. The SMILES string of the molecule is O=C(c1cccc(S(=O)(=O)Nc2cc(Cl)ccc2Cl)c1)N1CCN(CC=Cc2ccccc2)CC1. The minimum absolute atomic E-state index is 0.0240. The second-order valence-corrected chi connectivity index (χ2v) is 10.7. The van der Waals surface area contributed by atoms with Gasteiger partial charge in [0.2, 0.25) is 0 Å². The number of anilines is 1. The molecular weight excluding hydrogens is 505 g/mol. The molecule has 0 spiro atoms. The van der Waals surface area contributed by atoms with Gasteiger partial charge in [0.25, 0.3) is 15.9 Å². The van der Waals surface area contributed by atoms with Crippen molar-refractivity contribution >= 4 is 50.9 Å². The highest BCUT2D eigenvalue weighted by molar-refractivity contribution is 7.92. The smallest absolute Gasteiger partial charge is 0.261 e. The number of nitrogens with one attached hydrogen (secondary N) is 1. The molecule has 0 aliphatic carbocycles. The third-order valence-corrected chi connectivity index (χ3v) is 7.62. The standard InChI is InChI=1S/C26H25Cl2N3O3S/c27-22-11-12-24(28)25(19-22)29-35(33,34)23-10-4-9-21(18-23)26(32)31-16-14-30(15-17-31)13-5-8-20-6-2-1-3-7-20/h1-12,18-19,29H,13-17H2. The minimum atomic E-state index is -3.96. The maximum absolute atomic E-state index is 13.1. The molecule has 1 aliphatic heterocycles. The fraction of sp³-hybridized carbons (Fsp3) is 0.192. The molecule has 1 amide bonds. The lowest BCUT2D eigenvalue weighted by atomic mass is 10.1. The molecule has 1 saturated heterocycles. The van der Waals surface area contributed by atoms with E-state index < -0.39 is 10.0 Å². The van der Waals surface area contributed by atoms with Gasteiger partial charge >= 0.3 is 0 Å². The molecule has 4 rings (SSSR count). The van der Waals surface area contributed by atoms with E-state index >= 15 is 0 Å². The third-order valence-electron chi connectivity index (χ3n) is 5.70. The largest absolute Gasteiger partial charge is 0.336 e. The molecule has 1 fully saturated rings. The average Bonchev–Trinajstić information content (AvgIpc) is 2.87. The Hall–Kier alpha value is -2.84. The molecule has 6 nitrogen and oxygen atoms in total. The number of sulfonamides is 1. The first-order valence-corrected chi connectivity index (χ1v) is 13.4. The number of carbonyl (C=O) groups is 1. The van der Waals surface area contributed by atoms with Crippen LogP contribution in [0.3, 0.4) is 0 Å². The molecule has 1 N–H and O–H groups in total. The van der Waals surface area contributed by atoms with Crippen molar-refractivity contribution in [3.63, 3.8) is 0 Å². The minimum Gasteiger partial charge on any atom is -0.336 e. The number of hydrogen-bond acceptors (Lipinski definition) is 4. The summed E-state index contributed by atoms with van der Waals surface area (Å²) >= 11 is 12.1. The lowest BCUT2D eigenvalue weighted by Gasteiger charge is -2.34. The zero-order chi connectivity index (χ0) is 24.8. The predicted octanol–water partition coefficient (Wildman–Crippen LogP) is 5.27. The first-order valence-electron chi connectivity index (χ1n) is 11.1. The van der Waals surface area contributed by atoms with Crippen LogP contribution in [-0.2, 0) is 10.0 Å². The van der Waals surface area contributed by atoms with Crippen LogP contribution in [0.1, 0.15) is 15.9 Å². The Morgan fingerprint density at radius 3 is 2.40 bits per heavy atom. The van der Waals surface area contributed by atoms with E-state index in [0.29, 0.717) is 23.7 Å². The summed E-state index contributed by atoms with van der Waals surface area (Å²) in [5, 5.41) is 0.576. The van der Waals surface area contributed by atoms with Gasteiger partial charge in [-0.2, -0.15) is 0 Å². The normalized spacial score (nSPS) is 14.9. The number of hydrogen-bond donors (Lipinski definition) is 1. The van der Waals surface area contributed by atoms with E-state index in [1.807, 2.05) is 18.2 Å². The van der Waals surface area contributed by atoms with Gasteiger partial charge in [0.15, 0.2) is 0 Å². The van der Waals surface area contributed by atoms with Crippen molar-refractivity contribution in [2.24, 2.45) is 0 Å². The van der Waals surface area contributed by atoms with Crippen molar-refractivity contribution in [2.45, 2.75) is 4.90 Å². The Balaban J connectivity index is 1.37. The zero-order valence-corrected chi connectivity index (χ0v) is 21.2. The molecule has 1 aliphatic rings. The summed E-state index contributed by atoms with van der Waals surface area (Å²) in [6, 6.07) is 20.6. The summed E-state index contributed by atoms with van der Waals surface area (Å²) in [4.78, 5) is 17.1. The molecule has 1 heterocycles. The lowest BCUT2D eigenvalue weighted by Crippen LogP contribution is -2.48. The Kier molecular flexibility index (Phi) is 8.13. The van der Waals surface area contributed by atoms with Crippen LogP contribution in [0.15, 0.2) is 83.8 Å². The molecule has 0 aromatic heterocycles. The van der Waals surface area contributed by atoms with Crippen LogP contribution in [0, 0.1) is 0 Å². The summed E-state index contributed by atoms with van der Waals surface area (Å²) in [6.45, 7) is 3.45. The Morgan fingerprint density at radius 2 is 1.66 bits per heavy atom. The molecule has 182 valence electrons. The number of amides is 1.